The van der Waals surface area contributed by atoms with Crippen molar-refractivity contribution in [2.75, 3.05) is 37.7 Å². The molecule has 114 valence electrons. The number of hydrogen-bond donors (Lipinski definition) is 2. The molecule has 1 rings (SSSR count). The number of nitrogens with zero attached hydrogens (tertiary/aromatic N) is 1. The molecule has 2 atom stereocenters. The minimum atomic E-state index is -0.0929. The molecule has 0 spiro atoms. The van der Waals surface area contributed by atoms with Gasteiger partial charge in [0.05, 0.1) is 6.04 Å². The number of halogens is 1. The number of thioether (sulfide) groups is 1. The third-order valence-corrected chi connectivity index (χ3v) is 4.44. The van der Waals surface area contributed by atoms with Gasteiger partial charge in [-0.25, -0.2) is 0 Å². The Balaban J connectivity index is 0.00000324. The highest BCUT2D eigenvalue weighted by molar-refractivity contribution is 7.99. The molecule has 4 nitrogen and oxygen atoms in total. The fourth-order valence-corrected chi connectivity index (χ4v) is 2.99. The summed E-state index contributed by atoms with van der Waals surface area (Å²) >= 11 is 1.92. The molecular formula is C13H27ClN2O2S. The predicted octanol–water partition coefficient (Wildman–Crippen LogP) is 1.37. The molecule has 0 aliphatic carbocycles. The summed E-state index contributed by atoms with van der Waals surface area (Å²) in [7, 11) is 0. The number of carbonyl (C=O) groups excluding carboxylic acids is 1. The summed E-state index contributed by atoms with van der Waals surface area (Å²) in [6.45, 7) is 6.86. The molecule has 1 heterocycles. The Morgan fingerprint density at radius 3 is 2.58 bits per heavy atom. The average molecular weight is 311 g/mol. The van der Waals surface area contributed by atoms with E-state index in [-0.39, 0.29) is 31.0 Å². The zero-order valence-corrected chi connectivity index (χ0v) is 13.6. The zero-order valence-electron chi connectivity index (χ0n) is 11.9. The first kappa shape index (κ1) is 19.0. The lowest BCUT2D eigenvalue weighted by Crippen LogP contribution is -2.52. The summed E-state index contributed by atoms with van der Waals surface area (Å²) in [5.41, 5.74) is 0. The van der Waals surface area contributed by atoms with Crippen LogP contribution in [0.5, 0.6) is 0 Å². The first-order chi connectivity index (χ1) is 8.70. The van der Waals surface area contributed by atoms with Crippen LogP contribution in [0.3, 0.4) is 0 Å². The van der Waals surface area contributed by atoms with Crippen LogP contribution in [-0.2, 0) is 4.79 Å². The van der Waals surface area contributed by atoms with Crippen molar-refractivity contribution in [2.45, 2.75) is 32.7 Å². The molecule has 1 saturated heterocycles. The summed E-state index contributed by atoms with van der Waals surface area (Å²) in [5.74, 6) is 2.68. The third kappa shape index (κ3) is 6.34. The van der Waals surface area contributed by atoms with Gasteiger partial charge in [-0.1, -0.05) is 20.3 Å². The third-order valence-electron chi connectivity index (χ3n) is 3.50. The van der Waals surface area contributed by atoms with Crippen LogP contribution in [0, 0.1) is 5.92 Å². The Hall–Kier alpha value is 0.0300. The van der Waals surface area contributed by atoms with E-state index in [2.05, 4.69) is 19.2 Å². The number of aliphatic hydroxyl groups excluding tert-OH is 1. The summed E-state index contributed by atoms with van der Waals surface area (Å²) in [5, 5.41) is 12.1. The van der Waals surface area contributed by atoms with Gasteiger partial charge in [0.1, 0.15) is 0 Å². The fraction of sp³-hybridized carbons (Fsp3) is 0.923. The van der Waals surface area contributed by atoms with E-state index in [9.17, 15) is 4.79 Å². The van der Waals surface area contributed by atoms with Crippen LogP contribution in [0.1, 0.15) is 26.7 Å². The van der Waals surface area contributed by atoms with Crippen molar-refractivity contribution in [1.82, 2.24) is 10.2 Å². The quantitative estimate of drug-likeness (QED) is 0.697. The van der Waals surface area contributed by atoms with Crippen molar-refractivity contribution in [1.29, 1.82) is 0 Å². The van der Waals surface area contributed by atoms with E-state index >= 15 is 0 Å². The van der Waals surface area contributed by atoms with Crippen molar-refractivity contribution < 1.29 is 9.90 Å². The number of carbonyl (C=O) groups is 1. The van der Waals surface area contributed by atoms with Crippen molar-refractivity contribution in [3.8, 4) is 0 Å². The van der Waals surface area contributed by atoms with Crippen molar-refractivity contribution >= 4 is 30.1 Å². The lowest BCUT2D eigenvalue weighted by Gasteiger charge is -2.33. The van der Waals surface area contributed by atoms with E-state index in [1.165, 1.54) is 0 Å². The molecule has 6 heteroatoms. The second kappa shape index (κ2) is 10.8. The maximum atomic E-state index is 12.5. The molecule has 1 aliphatic rings. The topological polar surface area (TPSA) is 52.6 Å². The molecule has 1 aliphatic heterocycles. The monoisotopic (exact) mass is 310 g/mol. The predicted molar refractivity (Wildman–Crippen MR) is 84.1 cm³/mol. The van der Waals surface area contributed by atoms with Crippen LogP contribution in [0.15, 0.2) is 0 Å². The molecule has 0 bridgehead atoms. The van der Waals surface area contributed by atoms with Gasteiger partial charge in [0.15, 0.2) is 0 Å². The zero-order chi connectivity index (χ0) is 13.4. The SMILES string of the molecule is CC[C@@H](C)[C@H](NCCCO)C(=O)N1CCSCC1.Cl. The first-order valence-electron chi connectivity index (χ1n) is 6.91. The molecule has 0 aromatic carbocycles. The Bertz CT molecular complexity index is 251. The van der Waals surface area contributed by atoms with Gasteiger partial charge in [-0.05, 0) is 18.9 Å². The van der Waals surface area contributed by atoms with Crippen molar-refractivity contribution in [3.63, 3.8) is 0 Å². The normalized spacial score (nSPS) is 18.6. The van der Waals surface area contributed by atoms with E-state index < -0.39 is 0 Å². The molecule has 2 N–H and O–H groups in total. The Morgan fingerprint density at radius 1 is 1.42 bits per heavy atom. The highest BCUT2D eigenvalue weighted by Crippen LogP contribution is 2.15. The summed E-state index contributed by atoms with van der Waals surface area (Å²) in [4.78, 5) is 14.5. The standard InChI is InChI=1S/C13H26N2O2S.ClH/c1-3-11(2)12(14-5-4-8-16)13(17)15-6-9-18-10-7-15;/h11-12,14,16H,3-10H2,1-2H3;1H/t11-,12+;/m1./s1. The number of amides is 1. The summed E-state index contributed by atoms with van der Waals surface area (Å²) in [6, 6.07) is -0.0929. The Morgan fingerprint density at radius 2 is 2.05 bits per heavy atom. The Labute approximate surface area is 127 Å². The average Bonchev–Trinajstić information content (AvgIpc) is 2.43. The van der Waals surface area contributed by atoms with Gasteiger partial charge in [-0.15, -0.1) is 12.4 Å². The molecule has 0 saturated carbocycles. The number of aliphatic hydroxyl groups is 1. The van der Waals surface area contributed by atoms with Gasteiger partial charge in [0.25, 0.3) is 0 Å². The molecule has 19 heavy (non-hydrogen) atoms. The summed E-state index contributed by atoms with van der Waals surface area (Å²) in [6.07, 6.45) is 1.70. The minimum absolute atomic E-state index is 0. The van der Waals surface area contributed by atoms with Crippen LogP contribution in [-0.4, -0.2) is 59.7 Å². The molecular weight excluding hydrogens is 284 g/mol. The van der Waals surface area contributed by atoms with E-state index in [4.69, 9.17) is 5.11 Å². The molecule has 1 fully saturated rings. The van der Waals surface area contributed by atoms with Crippen LogP contribution in [0.4, 0.5) is 0 Å². The Kier molecular flexibility index (Phi) is 10.8. The number of rotatable bonds is 7. The van der Waals surface area contributed by atoms with Crippen LogP contribution >= 0.6 is 24.2 Å². The van der Waals surface area contributed by atoms with Gasteiger partial charge < -0.3 is 15.3 Å². The lowest BCUT2D eigenvalue weighted by atomic mass is 9.97. The lowest BCUT2D eigenvalue weighted by molar-refractivity contribution is -0.134. The van der Waals surface area contributed by atoms with Crippen LogP contribution in [0.25, 0.3) is 0 Å². The smallest absolute Gasteiger partial charge is 0.240 e. The molecule has 0 aromatic rings. The van der Waals surface area contributed by atoms with Crippen molar-refractivity contribution in [2.24, 2.45) is 5.92 Å². The van der Waals surface area contributed by atoms with E-state index in [1.54, 1.807) is 0 Å². The molecule has 0 unspecified atom stereocenters. The highest BCUT2D eigenvalue weighted by atomic mass is 35.5. The van der Waals surface area contributed by atoms with E-state index in [0.717, 1.165) is 31.0 Å². The number of hydrogen-bond acceptors (Lipinski definition) is 4. The summed E-state index contributed by atoms with van der Waals surface area (Å²) < 4.78 is 0. The maximum absolute atomic E-state index is 12.5. The van der Waals surface area contributed by atoms with E-state index in [1.807, 2.05) is 16.7 Å². The van der Waals surface area contributed by atoms with Crippen LogP contribution < -0.4 is 5.32 Å². The second-order valence-electron chi connectivity index (χ2n) is 4.83. The maximum Gasteiger partial charge on any atom is 0.240 e. The second-order valence-corrected chi connectivity index (χ2v) is 6.06. The van der Waals surface area contributed by atoms with Gasteiger partial charge >= 0.3 is 0 Å². The molecule has 0 aromatic heterocycles. The molecule has 0 radical (unpaired) electrons. The molecule has 1 amide bonds. The fourth-order valence-electron chi connectivity index (χ4n) is 2.08. The number of nitrogens with one attached hydrogen (secondary N) is 1. The van der Waals surface area contributed by atoms with Gasteiger partial charge in [0.2, 0.25) is 5.91 Å². The van der Waals surface area contributed by atoms with E-state index in [0.29, 0.717) is 18.9 Å². The largest absolute Gasteiger partial charge is 0.396 e. The van der Waals surface area contributed by atoms with Crippen LogP contribution in [0.2, 0.25) is 0 Å². The first-order valence-corrected chi connectivity index (χ1v) is 8.07. The van der Waals surface area contributed by atoms with Gasteiger partial charge in [0, 0.05) is 31.2 Å². The van der Waals surface area contributed by atoms with Crippen molar-refractivity contribution in [3.05, 3.63) is 0 Å². The highest BCUT2D eigenvalue weighted by Gasteiger charge is 2.28. The van der Waals surface area contributed by atoms with Gasteiger partial charge in [-0.3, -0.25) is 4.79 Å². The minimum Gasteiger partial charge on any atom is -0.396 e. The van der Waals surface area contributed by atoms with Gasteiger partial charge in [-0.2, -0.15) is 11.8 Å².